The van der Waals surface area contributed by atoms with E-state index in [1.807, 2.05) is 0 Å². The smallest absolute Gasteiger partial charge is 0.0360 e. The van der Waals surface area contributed by atoms with E-state index in [-0.39, 0.29) is 0 Å². The summed E-state index contributed by atoms with van der Waals surface area (Å²) in [5.74, 6) is 7.45. The van der Waals surface area contributed by atoms with Gasteiger partial charge in [0.2, 0.25) is 0 Å². The molecule has 134 valence electrons. The van der Waals surface area contributed by atoms with Gasteiger partial charge in [-0.1, -0.05) is 89.0 Å². The maximum Gasteiger partial charge on any atom is -0.0360 e. The Morgan fingerprint density at radius 3 is 1.05 bits per heavy atom. The average molecular weight is 311 g/mol. The lowest BCUT2D eigenvalue weighted by Gasteiger charge is -2.41. The van der Waals surface area contributed by atoms with E-state index >= 15 is 0 Å². The zero-order chi connectivity index (χ0) is 17.6. The van der Waals surface area contributed by atoms with Crippen LogP contribution in [0.25, 0.3) is 0 Å². The summed E-state index contributed by atoms with van der Waals surface area (Å²) in [6.07, 6.45) is 2.65. The highest BCUT2D eigenvalue weighted by Crippen LogP contribution is 2.41. The van der Waals surface area contributed by atoms with Crippen molar-refractivity contribution >= 4 is 0 Å². The third-order valence-corrected chi connectivity index (χ3v) is 7.36. The number of hydrogen-bond donors (Lipinski definition) is 0. The molecule has 0 heteroatoms. The molecule has 0 aromatic carbocycles. The summed E-state index contributed by atoms with van der Waals surface area (Å²) in [5.41, 5.74) is 0. The van der Waals surface area contributed by atoms with Gasteiger partial charge in [0.15, 0.2) is 0 Å². The van der Waals surface area contributed by atoms with Crippen LogP contribution in [0.15, 0.2) is 0 Å². The number of hydrogen-bond acceptors (Lipinski definition) is 0. The summed E-state index contributed by atoms with van der Waals surface area (Å²) in [6, 6.07) is 0. The van der Waals surface area contributed by atoms with E-state index in [2.05, 4.69) is 76.2 Å². The fourth-order valence-corrected chi connectivity index (χ4v) is 4.90. The van der Waals surface area contributed by atoms with Crippen molar-refractivity contribution in [3.8, 4) is 0 Å². The van der Waals surface area contributed by atoms with Gasteiger partial charge in [0.1, 0.15) is 0 Å². The standard InChI is InChI=1S/C22H46/c1-12-21(15(5)6)19(10)17(8)18(9)20(11)22(13-2)16(7)14(3)4/h14-22H,12-13H2,1-11H3. The van der Waals surface area contributed by atoms with E-state index in [9.17, 15) is 0 Å². The lowest BCUT2D eigenvalue weighted by Crippen LogP contribution is -2.34. The third kappa shape index (κ3) is 5.57. The fraction of sp³-hybridized carbons (Fsp3) is 1.00. The van der Waals surface area contributed by atoms with E-state index in [4.69, 9.17) is 0 Å². The summed E-state index contributed by atoms with van der Waals surface area (Å²) in [7, 11) is 0. The Hall–Kier alpha value is 0. The molecule has 0 aliphatic rings. The van der Waals surface area contributed by atoms with Crippen molar-refractivity contribution in [1.82, 2.24) is 0 Å². The van der Waals surface area contributed by atoms with E-state index < -0.39 is 0 Å². The number of rotatable bonds is 10. The molecular weight excluding hydrogens is 264 g/mol. The Morgan fingerprint density at radius 2 is 0.773 bits per heavy atom. The monoisotopic (exact) mass is 310 g/mol. The van der Waals surface area contributed by atoms with E-state index in [0.717, 1.165) is 53.3 Å². The summed E-state index contributed by atoms with van der Waals surface area (Å²) in [5, 5.41) is 0. The highest BCUT2D eigenvalue weighted by molar-refractivity contribution is 4.83. The lowest BCUT2D eigenvalue weighted by molar-refractivity contribution is 0.0798. The molecule has 0 radical (unpaired) electrons. The van der Waals surface area contributed by atoms with Crippen LogP contribution in [0.4, 0.5) is 0 Å². The molecule has 0 nitrogen and oxygen atoms in total. The van der Waals surface area contributed by atoms with Crippen LogP contribution in [0, 0.1) is 53.3 Å². The van der Waals surface area contributed by atoms with E-state index in [1.165, 1.54) is 12.8 Å². The van der Waals surface area contributed by atoms with Crippen molar-refractivity contribution in [1.29, 1.82) is 0 Å². The predicted octanol–water partition coefficient (Wildman–Crippen LogP) is 7.53. The van der Waals surface area contributed by atoms with Gasteiger partial charge in [0.25, 0.3) is 0 Å². The second-order valence-electron chi connectivity index (χ2n) is 8.93. The maximum absolute atomic E-state index is 2.53. The first-order chi connectivity index (χ1) is 10.1. The van der Waals surface area contributed by atoms with Gasteiger partial charge in [-0.2, -0.15) is 0 Å². The van der Waals surface area contributed by atoms with Crippen LogP contribution in [0.1, 0.15) is 89.0 Å². The zero-order valence-electron chi connectivity index (χ0n) is 17.6. The van der Waals surface area contributed by atoms with Gasteiger partial charge in [0, 0.05) is 0 Å². The minimum atomic E-state index is 0.798. The zero-order valence-corrected chi connectivity index (χ0v) is 17.6. The van der Waals surface area contributed by atoms with Crippen LogP contribution in [-0.4, -0.2) is 0 Å². The first-order valence-electron chi connectivity index (χ1n) is 10.1. The highest BCUT2D eigenvalue weighted by atomic mass is 14.4. The molecule has 0 fully saturated rings. The van der Waals surface area contributed by atoms with Gasteiger partial charge in [-0.25, -0.2) is 0 Å². The molecule has 22 heavy (non-hydrogen) atoms. The molecule has 0 spiro atoms. The highest BCUT2D eigenvalue weighted by Gasteiger charge is 2.34. The second kappa shape index (κ2) is 9.99. The Balaban J connectivity index is 5.01. The van der Waals surface area contributed by atoms with Crippen LogP contribution in [0.3, 0.4) is 0 Å². The van der Waals surface area contributed by atoms with Crippen LogP contribution in [0.5, 0.6) is 0 Å². The summed E-state index contributed by atoms with van der Waals surface area (Å²) >= 11 is 0. The SMILES string of the molecule is CCC(C(C)C)C(C)C(C)C(C)C(C)C(CC)C(C)C(C)C. The summed E-state index contributed by atoms with van der Waals surface area (Å²) in [6.45, 7) is 26.9. The van der Waals surface area contributed by atoms with Crippen molar-refractivity contribution < 1.29 is 0 Å². The van der Waals surface area contributed by atoms with Gasteiger partial charge in [-0.3, -0.25) is 0 Å². The van der Waals surface area contributed by atoms with Crippen LogP contribution >= 0.6 is 0 Å². The Morgan fingerprint density at radius 1 is 0.409 bits per heavy atom. The summed E-state index contributed by atoms with van der Waals surface area (Å²) in [4.78, 5) is 0. The van der Waals surface area contributed by atoms with Crippen molar-refractivity contribution in [2.45, 2.75) is 89.0 Å². The van der Waals surface area contributed by atoms with Crippen molar-refractivity contribution in [3.05, 3.63) is 0 Å². The Kier molecular flexibility index (Phi) is 9.99. The molecule has 0 aliphatic heterocycles. The van der Waals surface area contributed by atoms with Crippen LogP contribution in [-0.2, 0) is 0 Å². The molecule has 0 N–H and O–H groups in total. The molecule has 7 atom stereocenters. The minimum absolute atomic E-state index is 0.798. The molecule has 0 saturated carbocycles. The van der Waals surface area contributed by atoms with E-state index in [1.54, 1.807) is 0 Å². The summed E-state index contributed by atoms with van der Waals surface area (Å²) < 4.78 is 0. The topological polar surface area (TPSA) is 0 Å². The fourth-order valence-electron chi connectivity index (χ4n) is 4.90. The quantitative estimate of drug-likeness (QED) is 0.391. The van der Waals surface area contributed by atoms with Gasteiger partial charge >= 0.3 is 0 Å². The Bertz CT molecular complexity index is 278. The van der Waals surface area contributed by atoms with Gasteiger partial charge in [-0.15, -0.1) is 0 Å². The van der Waals surface area contributed by atoms with Crippen molar-refractivity contribution in [2.24, 2.45) is 53.3 Å². The van der Waals surface area contributed by atoms with E-state index in [0.29, 0.717) is 0 Å². The van der Waals surface area contributed by atoms with Gasteiger partial charge in [-0.05, 0) is 53.3 Å². The molecule has 0 heterocycles. The second-order valence-corrected chi connectivity index (χ2v) is 8.93. The lowest BCUT2D eigenvalue weighted by atomic mass is 9.65. The molecular formula is C22H46. The Labute approximate surface area is 142 Å². The molecule has 0 rings (SSSR count). The van der Waals surface area contributed by atoms with Gasteiger partial charge < -0.3 is 0 Å². The minimum Gasteiger partial charge on any atom is -0.0651 e. The molecule has 0 aromatic rings. The first kappa shape index (κ1) is 22.0. The van der Waals surface area contributed by atoms with Crippen LogP contribution < -0.4 is 0 Å². The maximum atomic E-state index is 2.53. The molecule has 0 saturated heterocycles. The largest absolute Gasteiger partial charge is 0.0651 e. The van der Waals surface area contributed by atoms with Crippen molar-refractivity contribution in [2.75, 3.05) is 0 Å². The molecule has 7 unspecified atom stereocenters. The molecule has 0 aromatic heterocycles. The van der Waals surface area contributed by atoms with Gasteiger partial charge in [0.05, 0.1) is 0 Å². The third-order valence-electron chi connectivity index (χ3n) is 7.36. The molecule has 0 bridgehead atoms. The molecule has 0 aliphatic carbocycles. The van der Waals surface area contributed by atoms with Crippen LogP contribution in [0.2, 0.25) is 0 Å². The molecule has 0 amide bonds. The normalized spacial score (nSPS) is 22.2. The average Bonchev–Trinajstić information content (AvgIpc) is 2.45. The predicted molar refractivity (Wildman–Crippen MR) is 103 cm³/mol. The van der Waals surface area contributed by atoms with Crippen molar-refractivity contribution in [3.63, 3.8) is 0 Å². The first-order valence-corrected chi connectivity index (χ1v) is 10.1.